The van der Waals surface area contributed by atoms with Crippen LogP contribution in [0.4, 0.5) is 0 Å². The summed E-state index contributed by atoms with van der Waals surface area (Å²) in [6.45, 7) is 4.01. The molecule has 0 aliphatic heterocycles. The van der Waals surface area contributed by atoms with Gasteiger partial charge in [-0.25, -0.2) is 9.97 Å². The number of thiophene rings is 1. The fourth-order valence-electron chi connectivity index (χ4n) is 1.49. The lowest BCUT2D eigenvalue weighted by atomic mass is 10.2. The first-order chi connectivity index (χ1) is 8.16. The summed E-state index contributed by atoms with van der Waals surface area (Å²) in [7, 11) is 0. The van der Waals surface area contributed by atoms with Gasteiger partial charge in [-0.15, -0.1) is 11.3 Å². The van der Waals surface area contributed by atoms with Crippen LogP contribution in [0, 0.1) is 13.8 Å². The molecular weight excluding hydrogens is 252 g/mol. The Morgan fingerprint density at radius 3 is 2.88 bits per heavy atom. The van der Waals surface area contributed by atoms with Crippen molar-refractivity contribution >= 4 is 28.9 Å². The van der Waals surface area contributed by atoms with Crippen LogP contribution in [0.1, 0.15) is 20.1 Å². The molecule has 0 saturated heterocycles. The van der Waals surface area contributed by atoms with E-state index < -0.39 is 0 Å². The maximum absolute atomic E-state index is 12.0. The predicted octanol–water partition coefficient (Wildman–Crippen LogP) is 3.13. The summed E-state index contributed by atoms with van der Waals surface area (Å²) in [5, 5.41) is 0.831. The van der Waals surface area contributed by atoms with Crippen molar-refractivity contribution in [1.29, 1.82) is 0 Å². The lowest BCUT2D eigenvalue weighted by Gasteiger charge is -1.99. The number of hydrogen-bond donors (Lipinski definition) is 0. The van der Waals surface area contributed by atoms with Gasteiger partial charge in [0.2, 0.25) is 0 Å². The van der Waals surface area contributed by atoms with E-state index in [1.54, 1.807) is 17.5 Å². The van der Waals surface area contributed by atoms with Crippen LogP contribution >= 0.6 is 23.1 Å². The summed E-state index contributed by atoms with van der Waals surface area (Å²) in [5.41, 5.74) is 0.842. The molecular formula is C12H12N2OS2. The summed E-state index contributed by atoms with van der Waals surface area (Å²) in [5.74, 6) is 0.587. The number of carbonyl (C=O) groups excluding carboxylic acids is 1. The quantitative estimate of drug-likeness (QED) is 0.483. The van der Waals surface area contributed by atoms with Crippen LogP contribution in [-0.2, 0) is 0 Å². The van der Waals surface area contributed by atoms with Gasteiger partial charge >= 0.3 is 0 Å². The Bertz CT molecular complexity index is 523. The van der Waals surface area contributed by atoms with Gasteiger partial charge < -0.3 is 0 Å². The Morgan fingerprint density at radius 2 is 2.29 bits per heavy atom. The minimum Gasteiger partial charge on any atom is -0.293 e. The molecule has 2 aromatic rings. The number of nitrogens with zero attached hydrogens (tertiary/aromatic N) is 2. The summed E-state index contributed by atoms with van der Waals surface area (Å²) in [6.07, 6.45) is 3.17. The second-order valence-corrected chi connectivity index (χ2v) is 6.04. The highest BCUT2D eigenvalue weighted by molar-refractivity contribution is 7.99. The van der Waals surface area contributed by atoms with E-state index in [0.29, 0.717) is 5.75 Å². The van der Waals surface area contributed by atoms with Crippen LogP contribution < -0.4 is 0 Å². The van der Waals surface area contributed by atoms with E-state index >= 15 is 0 Å². The van der Waals surface area contributed by atoms with Crippen molar-refractivity contribution in [2.45, 2.75) is 18.9 Å². The Kier molecular flexibility index (Phi) is 3.91. The fourth-order valence-corrected chi connectivity index (χ4v) is 3.14. The molecule has 2 aromatic heterocycles. The number of ketones is 1. The van der Waals surface area contributed by atoms with Crippen LogP contribution in [0.15, 0.2) is 29.7 Å². The lowest BCUT2D eigenvalue weighted by Crippen LogP contribution is -2.02. The van der Waals surface area contributed by atoms with Crippen LogP contribution in [0.25, 0.3) is 0 Å². The third-order valence-electron chi connectivity index (χ3n) is 2.25. The number of Topliss-reactive ketones (excluding diaryl/α,β-unsaturated/α-hetero) is 1. The fraction of sp³-hybridized carbons (Fsp3) is 0.250. The first-order valence-corrected chi connectivity index (χ1v) is 6.96. The number of carbonyl (C=O) groups is 1. The summed E-state index contributed by atoms with van der Waals surface area (Å²) in [4.78, 5) is 22.2. The first kappa shape index (κ1) is 12.3. The molecule has 0 N–H and O–H groups in total. The average molecular weight is 264 g/mol. The maximum Gasteiger partial charge on any atom is 0.174 e. The van der Waals surface area contributed by atoms with Crippen LogP contribution in [0.2, 0.25) is 0 Å². The Balaban J connectivity index is 2.01. The average Bonchev–Trinajstić information content (AvgIpc) is 2.67. The Labute approximate surface area is 108 Å². The van der Waals surface area contributed by atoms with E-state index in [1.165, 1.54) is 23.0 Å². The summed E-state index contributed by atoms with van der Waals surface area (Å²) < 4.78 is 0. The molecule has 2 heterocycles. The monoisotopic (exact) mass is 264 g/mol. The second-order valence-electron chi connectivity index (χ2n) is 3.59. The van der Waals surface area contributed by atoms with Gasteiger partial charge in [0.05, 0.1) is 10.8 Å². The van der Waals surface area contributed by atoms with E-state index in [4.69, 9.17) is 0 Å². The molecule has 0 aliphatic carbocycles. The second kappa shape index (κ2) is 5.42. The molecule has 17 heavy (non-hydrogen) atoms. The normalized spacial score (nSPS) is 10.5. The molecule has 0 saturated carbocycles. The molecule has 0 unspecified atom stereocenters. The molecule has 0 spiro atoms. The largest absolute Gasteiger partial charge is 0.293 e. The molecule has 0 aromatic carbocycles. The van der Waals surface area contributed by atoms with E-state index in [9.17, 15) is 4.79 Å². The minimum atomic E-state index is 0.162. The zero-order valence-corrected chi connectivity index (χ0v) is 11.3. The third kappa shape index (κ3) is 3.14. The van der Waals surface area contributed by atoms with E-state index in [2.05, 4.69) is 9.97 Å². The highest BCUT2D eigenvalue weighted by Gasteiger charge is 2.12. The van der Waals surface area contributed by atoms with Crippen molar-refractivity contribution in [1.82, 2.24) is 9.97 Å². The van der Waals surface area contributed by atoms with Crippen molar-refractivity contribution in [3.8, 4) is 0 Å². The van der Waals surface area contributed by atoms with E-state index in [0.717, 1.165) is 15.5 Å². The van der Waals surface area contributed by atoms with Gasteiger partial charge in [0.1, 0.15) is 6.33 Å². The molecule has 5 heteroatoms. The van der Waals surface area contributed by atoms with E-state index in [1.807, 2.05) is 26.0 Å². The minimum absolute atomic E-state index is 0.162. The smallest absolute Gasteiger partial charge is 0.174 e. The van der Waals surface area contributed by atoms with Crippen molar-refractivity contribution in [3.63, 3.8) is 0 Å². The molecule has 0 radical (unpaired) electrons. The number of hydrogen-bond acceptors (Lipinski definition) is 5. The van der Waals surface area contributed by atoms with Gasteiger partial charge in [0.15, 0.2) is 5.78 Å². The van der Waals surface area contributed by atoms with Gasteiger partial charge in [-0.2, -0.15) is 0 Å². The third-order valence-corrected chi connectivity index (χ3v) is 4.16. The summed E-state index contributed by atoms with van der Waals surface area (Å²) in [6, 6.07) is 3.77. The summed E-state index contributed by atoms with van der Waals surface area (Å²) >= 11 is 3.11. The van der Waals surface area contributed by atoms with E-state index in [-0.39, 0.29) is 5.78 Å². The zero-order chi connectivity index (χ0) is 12.3. The molecule has 0 fully saturated rings. The number of thioether (sulfide) groups is 1. The molecule has 88 valence electrons. The SMILES string of the molecule is Cc1cc(C(=O)CSc2ccncn2)c(C)s1. The Hall–Kier alpha value is -1.20. The highest BCUT2D eigenvalue weighted by atomic mass is 32.2. The lowest BCUT2D eigenvalue weighted by molar-refractivity contribution is 0.102. The van der Waals surface area contributed by atoms with Crippen molar-refractivity contribution < 1.29 is 4.79 Å². The molecule has 0 aliphatic rings. The van der Waals surface area contributed by atoms with Gasteiger partial charge in [-0.3, -0.25) is 4.79 Å². The number of aromatic nitrogens is 2. The van der Waals surface area contributed by atoms with Crippen molar-refractivity contribution in [2.75, 3.05) is 5.75 Å². The molecule has 0 bridgehead atoms. The number of rotatable bonds is 4. The van der Waals surface area contributed by atoms with Crippen LogP contribution in [0.5, 0.6) is 0 Å². The maximum atomic E-state index is 12.0. The molecule has 3 nitrogen and oxygen atoms in total. The predicted molar refractivity (Wildman–Crippen MR) is 70.9 cm³/mol. The standard InChI is InChI=1S/C12H12N2OS2/c1-8-5-10(9(2)17-8)11(15)6-16-12-3-4-13-7-14-12/h3-5,7H,6H2,1-2H3. The van der Waals surface area contributed by atoms with Crippen LogP contribution in [-0.4, -0.2) is 21.5 Å². The molecule has 2 rings (SSSR count). The van der Waals surface area contributed by atoms with Gasteiger partial charge in [0.25, 0.3) is 0 Å². The highest BCUT2D eigenvalue weighted by Crippen LogP contribution is 2.23. The van der Waals surface area contributed by atoms with Gasteiger partial charge in [-0.05, 0) is 26.0 Å². The Morgan fingerprint density at radius 1 is 1.47 bits per heavy atom. The van der Waals surface area contributed by atoms with Crippen LogP contribution in [0.3, 0.4) is 0 Å². The molecule has 0 atom stereocenters. The van der Waals surface area contributed by atoms with Gasteiger partial charge in [-0.1, -0.05) is 11.8 Å². The van der Waals surface area contributed by atoms with Crippen molar-refractivity contribution in [3.05, 3.63) is 40.0 Å². The number of aryl methyl sites for hydroxylation is 2. The molecule has 0 amide bonds. The van der Waals surface area contributed by atoms with Gasteiger partial charge in [0, 0.05) is 21.5 Å². The van der Waals surface area contributed by atoms with Crippen molar-refractivity contribution in [2.24, 2.45) is 0 Å². The topological polar surface area (TPSA) is 42.9 Å². The zero-order valence-electron chi connectivity index (χ0n) is 9.64. The first-order valence-electron chi connectivity index (χ1n) is 5.16.